The van der Waals surface area contributed by atoms with Gasteiger partial charge in [-0.2, -0.15) is 0 Å². The Morgan fingerprint density at radius 2 is 1.65 bits per heavy atom. The molecule has 2 rings (SSSR count). The van der Waals surface area contributed by atoms with E-state index in [2.05, 4.69) is 10.6 Å². The van der Waals surface area contributed by atoms with Crippen molar-refractivity contribution >= 4 is 23.0 Å². The zero-order chi connectivity index (χ0) is 12.1. The molecule has 0 saturated heterocycles. The highest BCUT2D eigenvalue weighted by Crippen LogP contribution is 2.20. The second-order valence-corrected chi connectivity index (χ2v) is 3.71. The molecule has 0 atom stereocenters. The monoisotopic (exact) mass is 247 g/mol. The zero-order valence-corrected chi connectivity index (χ0v) is 9.63. The van der Waals surface area contributed by atoms with Gasteiger partial charge in [-0.15, -0.1) is 10.3 Å². The first-order chi connectivity index (χ1) is 8.27. The normalized spacial score (nSPS) is 11.2. The van der Waals surface area contributed by atoms with E-state index in [0.717, 1.165) is 0 Å². The lowest BCUT2D eigenvalue weighted by Gasteiger charge is -2.04. The van der Waals surface area contributed by atoms with Gasteiger partial charge in [-0.3, -0.25) is 0 Å². The molecule has 17 heavy (non-hydrogen) atoms. The molecule has 86 valence electrons. The molecule has 2 aromatic carbocycles. The van der Waals surface area contributed by atoms with Crippen LogP contribution in [0, 0.1) is 5.21 Å². The highest BCUT2D eigenvalue weighted by atomic mass is 35.5. The van der Waals surface area contributed by atoms with Gasteiger partial charge < -0.3 is 5.21 Å². The summed E-state index contributed by atoms with van der Waals surface area (Å²) in [6, 6.07) is 15.8. The lowest BCUT2D eigenvalue weighted by atomic mass is 10.3. The van der Waals surface area contributed by atoms with E-state index in [9.17, 15) is 5.21 Å². The highest BCUT2D eigenvalue weighted by Gasteiger charge is 2.02. The first kappa shape index (κ1) is 11.4. The molecule has 0 aliphatic carbocycles. The Balaban J connectivity index is 2.14. The van der Waals surface area contributed by atoms with Gasteiger partial charge in [0.15, 0.2) is 11.4 Å². The van der Waals surface area contributed by atoms with Crippen molar-refractivity contribution in [2.45, 2.75) is 0 Å². The maximum atomic E-state index is 11.6. The Morgan fingerprint density at radius 1 is 1.00 bits per heavy atom. The van der Waals surface area contributed by atoms with E-state index in [4.69, 9.17) is 11.6 Å². The highest BCUT2D eigenvalue weighted by molar-refractivity contribution is 6.33. The molecule has 2 aromatic rings. The lowest BCUT2D eigenvalue weighted by molar-refractivity contribution is -0.439. The van der Waals surface area contributed by atoms with Crippen molar-refractivity contribution in [2.24, 2.45) is 5.22 Å². The van der Waals surface area contributed by atoms with E-state index in [1.54, 1.807) is 48.5 Å². The Bertz CT molecular complexity index is 528. The van der Waals surface area contributed by atoms with Gasteiger partial charge in [-0.1, -0.05) is 41.9 Å². The average molecular weight is 248 g/mol. The van der Waals surface area contributed by atoms with Gasteiger partial charge in [0.05, 0.1) is 10.2 Å². The summed E-state index contributed by atoms with van der Waals surface area (Å²) < 4.78 is 0. The number of nitrogens with one attached hydrogen (secondary N) is 1. The number of halogens is 1. The first-order valence-electron chi connectivity index (χ1n) is 5.01. The molecule has 0 spiro atoms. The molecule has 0 aliphatic rings. The fourth-order valence-corrected chi connectivity index (χ4v) is 1.44. The number of para-hydroxylation sites is 2. The van der Waals surface area contributed by atoms with E-state index >= 15 is 0 Å². The van der Waals surface area contributed by atoms with Crippen molar-refractivity contribution in [2.75, 3.05) is 5.43 Å². The van der Waals surface area contributed by atoms with Gasteiger partial charge in [0.1, 0.15) is 0 Å². The molecule has 0 unspecified atom stereocenters. The standard InChI is InChI=1S/C12H10ClN3O/c13-11-8-4-5-9-12(11)14-15-16(17)10-6-2-1-3-7-10/h1-9,14H. The van der Waals surface area contributed by atoms with Crippen LogP contribution in [0.4, 0.5) is 11.4 Å². The van der Waals surface area contributed by atoms with Crippen molar-refractivity contribution in [3.63, 3.8) is 0 Å². The molecular formula is C12H10ClN3O. The van der Waals surface area contributed by atoms with Crippen LogP contribution in [0.25, 0.3) is 0 Å². The maximum absolute atomic E-state index is 11.6. The molecule has 5 heteroatoms. The third-order valence-electron chi connectivity index (χ3n) is 2.11. The van der Waals surface area contributed by atoms with Crippen LogP contribution in [0.5, 0.6) is 0 Å². The molecule has 0 aliphatic heterocycles. The van der Waals surface area contributed by atoms with E-state index < -0.39 is 0 Å². The van der Waals surface area contributed by atoms with Crippen LogP contribution in [0.2, 0.25) is 5.02 Å². The Morgan fingerprint density at radius 3 is 2.35 bits per heavy atom. The Labute approximate surface area is 104 Å². The summed E-state index contributed by atoms with van der Waals surface area (Å²) in [6.45, 7) is 0. The van der Waals surface area contributed by atoms with E-state index in [1.165, 1.54) is 0 Å². The lowest BCUT2D eigenvalue weighted by Crippen LogP contribution is -1.97. The number of hydrogen-bond donors (Lipinski definition) is 1. The van der Waals surface area contributed by atoms with Crippen LogP contribution in [-0.2, 0) is 0 Å². The Hall–Kier alpha value is -2.07. The third kappa shape index (κ3) is 2.95. The second-order valence-electron chi connectivity index (χ2n) is 3.30. The van der Waals surface area contributed by atoms with Crippen LogP contribution in [0.3, 0.4) is 0 Å². The SMILES string of the molecule is [O-][N+](=NNc1ccccc1Cl)c1ccccc1. The molecule has 0 heterocycles. The van der Waals surface area contributed by atoms with Crippen molar-refractivity contribution in [1.82, 2.24) is 0 Å². The summed E-state index contributed by atoms with van der Waals surface area (Å²) >= 11 is 5.91. The van der Waals surface area contributed by atoms with Gasteiger partial charge in [0.25, 0.3) is 0 Å². The quantitative estimate of drug-likeness (QED) is 0.507. The molecule has 1 N–H and O–H groups in total. The molecule has 4 nitrogen and oxygen atoms in total. The van der Waals surface area contributed by atoms with Crippen molar-refractivity contribution in [3.05, 3.63) is 64.8 Å². The summed E-state index contributed by atoms with van der Waals surface area (Å²) in [5, 5.41) is 15.8. The topological polar surface area (TPSA) is 50.5 Å². The first-order valence-corrected chi connectivity index (χ1v) is 5.38. The molecule has 0 bridgehead atoms. The molecular weight excluding hydrogens is 238 g/mol. The number of hydrogen-bond acceptors (Lipinski definition) is 2. The van der Waals surface area contributed by atoms with Crippen molar-refractivity contribution in [3.8, 4) is 0 Å². The summed E-state index contributed by atoms with van der Waals surface area (Å²) in [5.41, 5.74) is 3.66. The summed E-state index contributed by atoms with van der Waals surface area (Å²) in [7, 11) is 0. The number of rotatable bonds is 3. The van der Waals surface area contributed by atoms with E-state index in [1.807, 2.05) is 6.07 Å². The maximum Gasteiger partial charge on any atom is 0.165 e. The number of benzene rings is 2. The summed E-state index contributed by atoms with van der Waals surface area (Å²) in [5.74, 6) is 0. The van der Waals surface area contributed by atoms with E-state index in [-0.39, 0.29) is 0 Å². The molecule has 0 saturated carbocycles. The smallest absolute Gasteiger partial charge is 0.165 e. The largest absolute Gasteiger partial charge is 0.691 e. The number of nitrogens with zero attached hydrogens (tertiary/aromatic N) is 2. The second kappa shape index (κ2) is 5.32. The minimum Gasteiger partial charge on any atom is -0.691 e. The summed E-state index contributed by atoms with van der Waals surface area (Å²) in [6.07, 6.45) is 0. The predicted octanol–water partition coefficient (Wildman–Crippen LogP) is 3.96. The fourth-order valence-electron chi connectivity index (χ4n) is 1.26. The van der Waals surface area contributed by atoms with Crippen molar-refractivity contribution < 1.29 is 4.86 Å². The zero-order valence-electron chi connectivity index (χ0n) is 8.88. The predicted molar refractivity (Wildman–Crippen MR) is 67.2 cm³/mol. The van der Waals surface area contributed by atoms with Crippen LogP contribution >= 0.6 is 11.6 Å². The molecule has 0 amide bonds. The van der Waals surface area contributed by atoms with Gasteiger partial charge >= 0.3 is 0 Å². The van der Waals surface area contributed by atoms with Gasteiger partial charge in [-0.25, -0.2) is 0 Å². The third-order valence-corrected chi connectivity index (χ3v) is 2.44. The van der Waals surface area contributed by atoms with Gasteiger partial charge in [0, 0.05) is 0 Å². The van der Waals surface area contributed by atoms with Crippen LogP contribution in [-0.4, -0.2) is 4.86 Å². The number of anilines is 1. The van der Waals surface area contributed by atoms with Crippen LogP contribution in [0.1, 0.15) is 0 Å². The van der Waals surface area contributed by atoms with E-state index in [0.29, 0.717) is 21.3 Å². The fraction of sp³-hybridized carbons (Fsp3) is 0. The molecule has 0 fully saturated rings. The molecule has 0 radical (unpaired) electrons. The minimum atomic E-state index is 0.451. The van der Waals surface area contributed by atoms with Crippen LogP contribution < -0.4 is 5.43 Å². The minimum absolute atomic E-state index is 0.451. The molecule has 0 aromatic heterocycles. The summed E-state index contributed by atoms with van der Waals surface area (Å²) in [4.78, 5) is 0.503. The van der Waals surface area contributed by atoms with Crippen LogP contribution in [0.15, 0.2) is 59.8 Å². The Kier molecular flexibility index (Phi) is 3.57. The van der Waals surface area contributed by atoms with Gasteiger partial charge in [0.2, 0.25) is 0 Å². The average Bonchev–Trinajstić information content (AvgIpc) is 2.38. The van der Waals surface area contributed by atoms with Gasteiger partial charge in [-0.05, 0) is 24.3 Å². The van der Waals surface area contributed by atoms with Crippen molar-refractivity contribution in [1.29, 1.82) is 0 Å².